The molecule has 1 aromatic rings. The van der Waals surface area contributed by atoms with Crippen molar-refractivity contribution in [3.8, 4) is 17.1 Å². The summed E-state index contributed by atoms with van der Waals surface area (Å²) in [5, 5.41) is 5.30. The number of nitrogens with two attached hydrogens (primary N) is 1. The number of primary amides is 1. The van der Waals surface area contributed by atoms with E-state index in [2.05, 4.69) is 14.6 Å². The molecule has 3 aliphatic heterocycles. The molecule has 0 bridgehead atoms. The second kappa shape index (κ2) is 7.56. The van der Waals surface area contributed by atoms with E-state index in [1.807, 2.05) is 30.3 Å². The number of para-hydroxylation sites is 1. The van der Waals surface area contributed by atoms with Crippen molar-refractivity contribution in [1.29, 1.82) is 0 Å². The van der Waals surface area contributed by atoms with Crippen LogP contribution in [0.2, 0.25) is 0 Å². The maximum atomic E-state index is 13.1. The minimum absolute atomic E-state index is 0.122. The summed E-state index contributed by atoms with van der Waals surface area (Å²) >= 11 is 1.50. The monoisotopic (exact) mass is 383 g/mol. The van der Waals surface area contributed by atoms with E-state index in [4.69, 9.17) is 5.73 Å². The van der Waals surface area contributed by atoms with E-state index in [9.17, 15) is 9.59 Å². The van der Waals surface area contributed by atoms with Crippen molar-refractivity contribution in [1.82, 2.24) is 19.3 Å². The minimum Gasteiger partial charge on any atom is -0.370 e. The van der Waals surface area contributed by atoms with Gasteiger partial charge >= 0.3 is 0 Å². The van der Waals surface area contributed by atoms with Crippen molar-refractivity contribution in [2.45, 2.75) is 43.8 Å². The lowest BCUT2D eigenvalue weighted by atomic mass is 10.1. The molecule has 0 saturated carbocycles. The normalized spacial score (nSPS) is 14.1. The summed E-state index contributed by atoms with van der Waals surface area (Å²) in [6.45, 7) is 0.827. The zero-order chi connectivity index (χ0) is 18.8. The van der Waals surface area contributed by atoms with Crippen LogP contribution in [-0.2, 0) is 17.8 Å². The quantitative estimate of drug-likeness (QED) is 0.538. The molecule has 1 aromatic carbocycles. The van der Waals surface area contributed by atoms with Crippen molar-refractivity contribution in [2.75, 3.05) is 5.75 Å². The molecule has 0 aliphatic carbocycles. The number of carbonyl (C=O) groups is 1. The highest BCUT2D eigenvalue weighted by Crippen LogP contribution is 2.30. The molecule has 4 rings (SSSR count). The van der Waals surface area contributed by atoms with E-state index < -0.39 is 0 Å². The van der Waals surface area contributed by atoms with Crippen LogP contribution in [-0.4, -0.2) is 31.0 Å². The fraction of sp³-hybridized carbons (Fsp3) is 0.368. The average Bonchev–Trinajstić information content (AvgIpc) is 2.83. The molecule has 0 spiro atoms. The lowest BCUT2D eigenvalue weighted by molar-refractivity contribution is -0.117. The van der Waals surface area contributed by atoms with Gasteiger partial charge in [0.05, 0.1) is 5.69 Å². The fourth-order valence-corrected chi connectivity index (χ4v) is 4.44. The van der Waals surface area contributed by atoms with Crippen LogP contribution in [0.25, 0.3) is 17.1 Å². The van der Waals surface area contributed by atoms with Gasteiger partial charge in [-0.15, -0.1) is 5.10 Å². The lowest BCUT2D eigenvalue weighted by Crippen LogP contribution is -2.19. The van der Waals surface area contributed by atoms with Gasteiger partial charge in [0.25, 0.3) is 5.56 Å². The highest BCUT2D eigenvalue weighted by Gasteiger charge is 2.26. The Kier molecular flexibility index (Phi) is 4.98. The highest BCUT2D eigenvalue weighted by molar-refractivity contribution is 7.99. The number of fused-ring (bicyclic) bond motifs is 3. The molecule has 7 nitrogen and oxygen atoms in total. The number of thioether (sulfide) groups is 1. The molecule has 0 saturated heterocycles. The first kappa shape index (κ1) is 17.8. The minimum atomic E-state index is -0.324. The molecule has 3 heterocycles. The number of benzene rings is 1. The topological polar surface area (TPSA) is 95.8 Å². The Labute approximate surface area is 160 Å². The van der Waals surface area contributed by atoms with Crippen molar-refractivity contribution in [3.63, 3.8) is 0 Å². The maximum Gasteiger partial charge on any atom is 0.284 e. The number of carbonyl (C=O) groups excluding carboxylic acids is 1. The fourth-order valence-electron chi connectivity index (χ4n) is 3.45. The predicted molar refractivity (Wildman–Crippen MR) is 104 cm³/mol. The molecule has 8 heteroatoms. The van der Waals surface area contributed by atoms with Gasteiger partial charge < -0.3 is 10.3 Å². The SMILES string of the molecule is NC(=O)CCSc1nc2nn(-c3ccccc3)c(=O)c-2c2n1CCCCC2. The third-order valence-electron chi connectivity index (χ3n) is 4.75. The van der Waals surface area contributed by atoms with Crippen LogP contribution in [0.1, 0.15) is 31.4 Å². The van der Waals surface area contributed by atoms with Crippen molar-refractivity contribution >= 4 is 17.7 Å². The van der Waals surface area contributed by atoms with Crippen LogP contribution >= 0.6 is 11.8 Å². The van der Waals surface area contributed by atoms with E-state index in [0.717, 1.165) is 48.8 Å². The Balaban J connectivity index is 1.85. The van der Waals surface area contributed by atoms with Gasteiger partial charge in [-0.3, -0.25) is 9.59 Å². The van der Waals surface area contributed by atoms with Gasteiger partial charge in [-0.05, 0) is 31.4 Å². The number of amides is 1. The summed E-state index contributed by atoms with van der Waals surface area (Å²) in [5.41, 5.74) is 7.49. The molecule has 1 amide bonds. The summed E-state index contributed by atoms with van der Waals surface area (Å²) in [6.07, 6.45) is 4.34. The second-order valence-electron chi connectivity index (χ2n) is 6.62. The molecule has 0 atom stereocenters. The van der Waals surface area contributed by atoms with E-state index >= 15 is 0 Å². The van der Waals surface area contributed by atoms with Crippen LogP contribution in [0.4, 0.5) is 0 Å². The van der Waals surface area contributed by atoms with Gasteiger partial charge in [-0.2, -0.15) is 4.68 Å². The van der Waals surface area contributed by atoms with Gasteiger partial charge in [0, 0.05) is 24.4 Å². The van der Waals surface area contributed by atoms with Crippen molar-refractivity contribution in [3.05, 3.63) is 46.4 Å². The smallest absolute Gasteiger partial charge is 0.284 e. The molecule has 2 N–H and O–H groups in total. The van der Waals surface area contributed by atoms with Gasteiger partial charge in [0.15, 0.2) is 11.0 Å². The maximum absolute atomic E-state index is 13.1. The van der Waals surface area contributed by atoms with Crippen molar-refractivity contribution < 1.29 is 4.79 Å². The molecule has 140 valence electrons. The third kappa shape index (κ3) is 3.49. The number of rotatable bonds is 5. The second-order valence-corrected chi connectivity index (χ2v) is 7.68. The standard InChI is InChI=1S/C19H21N5O2S/c20-15(25)10-12-27-19-21-17-16(14-9-5-2-6-11-23(14)19)18(26)24(22-17)13-7-3-1-4-8-13/h1,3-4,7-8H,2,5-6,9-12H2,(H2,20,25). The summed E-state index contributed by atoms with van der Waals surface area (Å²) in [4.78, 5) is 28.9. The molecule has 0 aromatic heterocycles. The first-order valence-corrected chi connectivity index (χ1v) is 10.1. The third-order valence-corrected chi connectivity index (χ3v) is 5.73. The Morgan fingerprint density at radius 3 is 2.78 bits per heavy atom. The van der Waals surface area contributed by atoms with Crippen LogP contribution in [0, 0.1) is 0 Å². The summed E-state index contributed by atoms with van der Waals surface area (Å²) in [5.74, 6) is 0.713. The van der Waals surface area contributed by atoms with E-state index in [1.54, 1.807) is 0 Å². The van der Waals surface area contributed by atoms with Crippen LogP contribution < -0.4 is 11.3 Å². The van der Waals surface area contributed by atoms with Gasteiger partial charge in [0.1, 0.15) is 5.56 Å². The summed E-state index contributed by atoms with van der Waals surface area (Å²) in [7, 11) is 0. The average molecular weight is 383 g/mol. The number of nitrogens with zero attached hydrogens (tertiary/aromatic N) is 4. The number of hydrogen-bond donors (Lipinski definition) is 1. The van der Waals surface area contributed by atoms with E-state index in [-0.39, 0.29) is 11.5 Å². The van der Waals surface area contributed by atoms with Gasteiger partial charge in [0.2, 0.25) is 5.91 Å². The molecule has 27 heavy (non-hydrogen) atoms. The van der Waals surface area contributed by atoms with Crippen LogP contribution in [0.15, 0.2) is 40.3 Å². The van der Waals surface area contributed by atoms with Gasteiger partial charge in [-0.25, -0.2) is 4.98 Å². The first-order valence-electron chi connectivity index (χ1n) is 9.14. The zero-order valence-electron chi connectivity index (χ0n) is 14.9. The molecule has 0 fully saturated rings. The van der Waals surface area contributed by atoms with E-state index in [1.165, 1.54) is 16.4 Å². The largest absolute Gasteiger partial charge is 0.370 e. The van der Waals surface area contributed by atoms with E-state index in [0.29, 0.717) is 23.6 Å². The Bertz CT molecular complexity index is 995. The van der Waals surface area contributed by atoms with Crippen LogP contribution in [0.5, 0.6) is 0 Å². The molecular formula is C19H21N5O2S. The molecule has 3 aliphatic rings. The van der Waals surface area contributed by atoms with Crippen molar-refractivity contribution in [2.24, 2.45) is 5.73 Å². The zero-order valence-corrected chi connectivity index (χ0v) is 15.7. The van der Waals surface area contributed by atoms with Crippen LogP contribution in [0.3, 0.4) is 0 Å². The number of hydrogen-bond acceptors (Lipinski definition) is 5. The molecule has 0 unspecified atom stereocenters. The summed E-state index contributed by atoms with van der Waals surface area (Å²) in [6, 6.07) is 9.40. The Morgan fingerprint density at radius 1 is 1.19 bits per heavy atom. The van der Waals surface area contributed by atoms with Gasteiger partial charge in [-0.1, -0.05) is 36.4 Å². The predicted octanol–water partition coefficient (Wildman–Crippen LogP) is 2.23. The number of aromatic nitrogens is 4. The molecular weight excluding hydrogens is 362 g/mol. The first-order chi connectivity index (χ1) is 13.1. The highest BCUT2D eigenvalue weighted by atomic mass is 32.2. The lowest BCUT2D eigenvalue weighted by Gasteiger charge is -2.17. The Hall–Kier alpha value is -2.61. The Morgan fingerprint density at radius 2 is 2.00 bits per heavy atom. The molecule has 0 radical (unpaired) electrons. The summed E-state index contributed by atoms with van der Waals surface area (Å²) < 4.78 is 3.57.